The molecule has 0 unspecified atom stereocenters. The van der Waals surface area contributed by atoms with Crippen LogP contribution in [0.4, 0.5) is 0 Å². The van der Waals surface area contributed by atoms with Gasteiger partial charge in [-0.05, 0) is 86.9 Å². The predicted octanol–water partition coefficient (Wildman–Crippen LogP) is 3.67. The Morgan fingerprint density at radius 3 is 2.69 bits per heavy atom. The normalized spacial score (nSPS) is 13.2. The highest BCUT2D eigenvalue weighted by molar-refractivity contribution is 5.82. The fraction of sp³-hybridized carbons (Fsp3) is 0.417. The molecule has 0 amide bonds. The minimum absolute atomic E-state index is 0.0846. The van der Waals surface area contributed by atoms with E-state index in [4.69, 9.17) is 0 Å². The van der Waals surface area contributed by atoms with Crippen LogP contribution in [-0.4, -0.2) is 20.9 Å². The number of pyridine rings is 1. The standard InChI is InChI=1S/C24H30N4O/c1-4-10-27-23-15-20-8-5-7-19(20)13-21(23)14-22(24(27)29)16-25-9-6-11-28-18(3)12-17(2)26-28/h4,12-15,25H,1,5-11,16H2,2-3H3. The van der Waals surface area contributed by atoms with Crippen LogP contribution in [0.15, 0.2) is 41.7 Å². The molecule has 2 heterocycles. The number of allylic oxidation sites excluding steroid dienone is 1. The first-order valence-corrected chi connectivity index (χ1v) is 10.6. The SMILES string of the molecule is C=CCn1c(=O)c(CNCCCn2nc(C)cc2C)cc2cc3c(cc21)CCC3. The average Bonchev–Trinajstić information content (AvgIpc) is 3.28. The van der Waals surface area contributed by atoms with Gasteiger partial charge in [-0.15, -0.1) is 6.58 Å². The molecule has 1 aromatic carbocycles. The number of hydrogen-bond acceptors (Lipinski definition) is 3. The molecule has 0 aliphatic heterocycles. The second kappa shape index (κ2) is 8.37. The summed E-state index contributed by atoms with van der Waals surface area (Å²) < 4.78 is 3.92. The lowest BCUT2D eigenvalue weighted by Crippen LogP contribution is -2.28. The fourth-order valence-electron chi connectivity index (χ4n) is 4.43. The summed E-state index contributed by atoms with van der Waals surface area (Å²) in [5.74, 6) is 0. The van der Waals surface area contributed by atoms with Gasteiger partial charge in [0, 0.05) is 30.9 Å². The lowest BCUT2D eigenvalue weighted by Gasteiger charge is -2.14. The molecule has 29 heavy (non-hydrogen) atoms. The first kappa shape index (κ1) is 19.6. The second-order valence-electron chi connectivity index (χ2n) is 8.09. The van der Waals surface area contributed by atoms with Crippen molar-refractivity contribution in [3.05, 3.63) is 75.4 Å². The topological polar surface area (TPSA) is 51.9 Å². The molecule has 0 radical (unpaired) electrons. The zero-order valence-corrected chi connectivity index (χ0v) is 17.5. The van der Waals surface area contributed by atoms with E-state index in [1.807, 2.05) is 16.2 Å². The quantitative estimate of drug-likeness (QED) is 0.472. The zero-order valence-electron chi connectivity index (χ0n) is 17.5. The van der Waals surface area contributed by atoms with Gasteiger partial charge in [-0.2, -0.15) is 5.10 Å². The lowest BCUT2D eigenvalue weighted by molar-refractivity contribution is 0.531. The number of aryl methyl sites for hydroxylation is 5. The number of nitrogens with one attached hydrogen (secondary N) is 1. The van der Waals surface area contributed by atoms with E-state index in [-0.39, 0.29) is 5.56 Å². The van der Waals surface area contributed by atoms with Gasteiger partial charge in [0.25, 0.3) is 5.56 Å². The van der Waals surface area contributed by atoms with Crippen molar-refractivity contribution in [2.75, 3.05) is 6.54 Å². The number of fused-ring (bicyclic) bond motifs is 2. The maximum Gasteiger partial charge on any atom is 0.255 e. The Labute approximate surface area is 172 Å². The largest absolute Gasteiger partial charge is 0.312 e. The van der Waals surface area contributed by atoms with Crippen LogP contribution in [0.25, 0.3) is 10.9 Å². The summed E-state index contributed by atoms with van der Waals surface area (Å²) in [6.45, 7) is 10.8. The third-order valence-electron chi connectivity index (χ3n) is 5.84. The van der Waals surface area contributed by atoms with E-state index in [0.29, 0.717) is 13.1 Å². The monoisotopic (exact) mass is 390 g/mol. The van der Waals surface area contributed by atoms with Crippen LogP contribution in [0.3, 0.4) is 0 Å². The Balaban J connectivity index is 1.48. The summed E-state index contributed by atoms with van der Waals surface area (Å²) in [4.78, 5) is 13.1. The van der Waals surface area contributed by atoms with E-state index in [1.54, 1.807) is 6.08 Å². The highest BCUT2D eigenvalue weighted by atomic mass is 16.1. The second-order valence-corrected chi connectivity index (χ2v) is 8.09. The highest BCUT2D eigenvalue weighted by Gasteiger charge is 2.15. The van der Waals surface area contributed by atoms with Crippen molar-refractivity contribution in [2.45, 2.75) is 59.2 Å². The summed E-state index contributed by atoms with van der Waals surface area (Å²) in [5, 5.41) is 9.10. The van der Waals surface area contributed by atoms with Gasteiger partial charge >= 0.3 is 0 Å². The molecule has 0 fully saturated rings. The Morgan fingerprint density at radius 2 is 1.97 bits per heavy atom. The number of aromatic nitrogens is 3. The molecule has 0 saturated heterocycles. The van der Waals surface area contributed by atoms with Gasteiger partial charge in [0.05, 0.1) is 11.2 Å². The van der Waals surface area contributed by atoms with Gasteiger partial charge in [0.15, 0.2) is 0 Å². The van der Waals surface area contributed by atoms with Crippen LogP contribution >= 0.6 is 0 Å². The average molecular weight is 391 g/mol. The minimum atomic E-state index is 0.0846. The van der Waals surface area contributed by atoms with Crippen molar-refractivity contribution in [3.63, 3.8) is 0 Å². The van der Waals surface area contributed by atoms with Gasteiger partial charge < -0.3 is 9.88 Å². The van der Waals surface area contributed by atoms with E-state index in [0.717, 1.165) is 54.5 Å². The molecule has 152 valence electrons. The van der Waals surface area contributed by atoms with Gasteiger partial charge in [0.2, 0.25) is 0 Å². The van der Waals surface area contributed by atoms with E-state index >= 15 is 0 Å². The van der Waals surface area contributed by atoms with Crippen molar-refractivity contribution in [1.29, 1.82) is 0 Å². The first-order valence-electron chi connectivity index (χ1n) is 10.6. The molecule has 4 rings (SSSR count). The molecule has 0 bridgehead atoms. The Hall–Kier alpha value is -2.66. The van der Waals surface area contributed by atoms with Crippen LogP contribution < -0.4 is 10.9 Å². The number of benzene rings is 1. The van der Waals surface area contributed by atoms with Crippen LogP contribution in [0.1, 0.15) is 40.9 Å². The van der Waals surface area contributed by atoms with Crippen LogP contribution in [-0.2, 0) is 32.5 Å². The summed E-state index contributed by atoms with van der Waals surface area (Å²) in [6, 6.07) is 8.67. The van der Waals surface area contributed by atoms with Crippen LogP contribution in [0.5, 0.6) is 0 Å². The van der Waals surface area contributed by atoms with Crippen LogP contribution in [0.2, 0.25) is 0 Å². The predicted molar refractivity (Wildman–Crippen MR) is 118 cm³/mol. The van der Waals surface area contributed by atoms with E-state index in [2.05, 4.69) is 48.2 Å². The summed E-state index contributed by atoms with van der Waals surface area (Å²) in [6.07, 6.45) is 6.25. The van der Waals surface area contributed by atoms with E-state index < -0.39 is 0 Å². The van der Waals surface area contributed by atoms with E-state index in [1.165, 1.54) is 23.2 Å². The Kier molecular flexibility index (Phi) is 5.67. The molecule has 0 atom stereocenters. The van der Waals surface area contributed by atoms with Crippen molar-refractivity contribution >= 4 is 10.9 Å². The zero-order chi connectivity index (χ0) is 20.4. The molecular formula is C24H30N4O. The first-order chi connectivity index (χ1) is 14.1. The van der Waals surface area contributed by atoms with Gasteiger partial charge in [0.1, 0.15) is 0 Å². The number of nitrogens with zero attached hydrogens (tertiary/aromatic N) is 3. The number of hydrogen-bond donors (Lipinski definition) is 1. The maximum absolute atomic E-state index is 13.1. The van der Waals surface area contributed by atoms with E-state index in [9.17, 15) is 4.79 Å². The molecule has 1 aliphatic carbocycles. The van der Waals surface area contributed by atoms with Crippen molar-refractivity contribution < 1.29 is 0 Å². The maximum atomic E-state index is 13.1. The molecular weight excluding hydrogens is 360 g/mol. The lowest BCUT2D eigenvalue weighted by atomic mass is 10.0. The van der Waals surface area contributed by atoms with Gasteiger partial charge in [-0.25, -0.2) is 0 Å². The fourth-order valence-corrected chi connectivity index (χ4v) is 4.43. The minimum Gasteiger partial charge on any atom is -0.312 e. The van der Waals surface area contributed by atoms with Crippen molar-refractivity contribution in [2.24, 2.45) is 0 Å². The molecule has 2 aromatic heterocycles. The Morgan fingerprint density at radius 1 is 1.17 bits per heavy atom. The molecule has 0 spiro atoms. The van der Waals surface area contributed by atoms with Crippen molar-refractivity contribution in [3.8, 4) is 0 Å². The molecule has 5 nitrogen and oxygen atoms in total. The van der Waals surface area contributed by atoms with Crippen molar-refractivity contribution in [1.82, 2.24) is 19.7 Å². The van der Waals surface area contributed by atoms with Crippen LogP contribution in [0, 0.1) is 13.8 Å². The third kappa shape index (κ3) is 4.06. The molecule has 1 N–H and O–H groups in total. The molecule has 1 aliphatic rings. The molecule has 0 saturated carbocycles. The molecule has 3 aromatic rings. The molecule has 5 heteroatoms. The number of rotatable bonds is 8. The van der Waals surface area contributed by atoms with Gasteiger partial charge in [-0.3, -0.25) is 9.48 Å². The summed E-state index contributed by atoms with van der Waals surface area (Å²) >= 11 is 0. The third-order valence-corrected chi connectivity index (χ3v) is 5.84. The Bertz CT molecular complexity index is 1110. The summed E-state index contributed by atoms with van der Waals surface area (Å²) in [5.41, 5.74) is 7.02. The highest BCUT2D eigenvalue weighted by Crippen LogP contribution is 2.27. The smallest absolute Gasteiger partial charge is 0.255 e. The summed E-state index contributed by atoms with van der Waals surface area (Å²) in [7, 11) is 0. The van der Waals surface area contributed by atoms with Gasteiger partial charge in [-0.1, -0.05) is 6.08 Å².